The van der Waals surface area contributed by atoms with Crippen LogP contribution in [-0.2, 0) is 22.6 Å². The number of rotatable bonds is 6. The molecule has 3 rings (SSSR count). The van der Waals surface area contributed by atoms with Crippen molar-refractivity contribution in [3.8, 4) is 0 Å². The van der Waals surface area contributed by atoms with Gasteiger partial charge in [-0.25, -0.2) is 4.79 Å². The van der Waals surface area contributed by atoms with Crippen molar-refractivity contribution >= 4 is 12.0 Å². The van der Waals surface area contributed by atoms with Gasteiger partial charge in [-0.15, -0.1) is 0 Å². The van der Waals surface area contributed by atoms with Gasteiger partial charge in [0.2, 0.25) is 5.91 Å². The molecule has 1 heterocycles. The normalized spacial score (nSPS) is 15.0. The van der Waals surface area contributed by atoms with E-state index in [1.54, 1.807) is 0 Å². The standard InChI is InChI=1S/C22H26N2O3/c25-21(24-14-8-3-9-15-24)20(16-18-10-4-1-5-11-18)23-22(26)27-17-19-12-6-2-7-13-19/h1-2,4-7,10-13,20H,3,8-9,14-17H2,(H,23,26). The van der Waals surface area contributed by atoms with Crippen molar-refractivity contribution in [2.24, 2.45) is 0 Å². The number of likely N-dealkylation sites (tertiary alicyclic amines) is 1. The molecule has 0 spiro atoms. The lowest BCUT2D eigenvalue weighted by atomic mass is 10.0. The quantitative estimate of drug-likeness (QED) is 0.851. The van der Waals surface area contributed by atoms with Gasteiger partial charge in [-0.3, -0.25) is 4.79 Å². The summed E-state index contributed by atoms with van der Waals surface area (Å²) in [4.78, 5) is 27.1. The second kappa shape index (κ2) is 9.76. The number of hydrogen-bond donors (Lipinski definition) is 1. The molecule has 0 aromatic heterocycles. The number of amides is 2. The average Bonchev–Trinajstić information content (AvgIpc) is 2.73. The number of alkyl carbamates (subject to hydrolysis) is 1. The maximum atomic E-state index is 13.0. The lowest BCUT2D eigenvalue weighted by Crippen LogP contribution is -2.51. The van der Waals surface area contributed by atoms with Gasteiger partial charge in [0.25, 0.3) is 0 Å². The van der Waals surface area contributed by atoms with Gasteiger partial charge < -0.3 is 15.0 Å². The van der Waals surface area contributed by atoms with Crippen LogP contribution in [0.2, 0.25) is 0 Å². The molecule has 1 unspecified atom stereocenters. The lowest BCUT2D eigenvalue weighted by Gasteiger charge is -2.30. The highest BCUT2D eigenvalue weighted by molar-refractivity contribution is 5.86. The summed E-state index contributed by atoms with van der Waals surface area (Å²) in [6.07, 6.45) is 3.07. The predicted molar refractivity (Wildman–Crippen MR) is 104 cm³/mol. The lowest BCUT2D eigenvalue weighted by molar-refractivity contribution is -0.134. The fraction of sp³-hybridized carbons (Fsp3) is 0.364. The van der Waals surface area contributed by atoms with Crippen molar-refractivity contribution in [2.45, 2.75) is 38.3 Å². The highest BCUT2D eigenvalue weighted by Gasteiger charge is 2.27. The van der Waals surface area contributed by atoms with E-state index in [1.165, 1.54) is 0 Å². The first kappa shape index (κ1) is 19.0. The maximum Gasteiger partial charge on any atom is 0.408 e. The maximum absolute atomic E-state index is 13.0. The largest absolute Gasteiger partial charge is 0.445 e. The molecule has 1 saturated heterocycles. The minimum absolute atomic E-state index is 0.0322. The molecule has 2 amide bonds. The summed E-state index contributed by atoms with van der Waals surface area (Å²) in [5, 5.41) is 2.78. The SMILES string of the molecule is O=C(NC(Cc1ccccc1)C(=O)N1CCCCC1)OCc1ccccc1. The van der Waals surface area contributed by atoms with Gasteiger partial charge in [-0.2, -0.15) is 0 Å². The van der Waals surface area contributed by atoms with Crippen LogP contribution in [0.15, 0.2) is 60.7 Å². The molecule has 1 N–H and O–H groups in total. The molecular weight excluding hydrogens is 340 g/mol. The smallest absolute Gasteiger partial charge is 0.408 e. The summed E-state index contributed by atoms with van der Waals surface area (Å²) < 4.78 is 5.31. The fourth-order valence-electron chi connectivity index (χ4n) is 3.29. The number of carbonyl (C=O) groups is 2. The molecule has 5 heteroatoms. The van der Waals surface area contributed by atoms with E-state index in [0.29, 0.717) is 6.42 Å². The van der Waals surface area contributed by atoms with Crippen molar-refractivity contribution < 1.29 is 14.3 Å². The van der Waals surface area contributed by atoms with Gasteiger partial charge in [0.1, 0.15) is 12.6 Å². The van der Waals surface area contributed by atoms with Crippen molar-refractivity contribution in [1.82, 2.24) is 10.2 Å². The number of piperidine rings is 1. The monoisotopic (exact) mass is 366 g/mol. The van der Waals surface area contributed by atoms with Gasteiger partial charge in [-0.1, -0.05) is 60.7 Å². The van der Waals surface area contributed by atoms with Crippen molar-refractivity contribution in [3.63, 3.8) is 0 Å². The van der Waals surface area contributed by atoms with Gasteiger partial charge in [0.05, 0.1) is 0 Å². The summed E-state index contributed by atoms with van der Waals surface area (Å²) in [6, 6.07) is 18.6. The molecule has 0 aliphatic carbocycles. The number of hydrogen-bond acceptors (Lipinski definition) is 3. The highest BCUT2D eigenvalue weighted by atomic mass is 16.5. The molecule has 1 atom stereocenters. The zero-order chi connectivity index (χ0) is 18.9. The Morgan fingerprint density at radius 1 is 0.889 bits per heavy atom. The summed E-state index contributed by atoms with van der Waals surface area (Å²) >= 11 is 0. The number of ether oxygens (including phenoxy) is 1. The fourth-order valence-corrected chi connectivity index (χ4v) is 3.29. The number of nitrogens with zero attached hydrogens (tertiary/aromatic N) is 1. The Bertz CT molecular complexity index is 728. The van der Waals surface area contributed by atoms with E-state index < -0.39 is 12.1 Å². The molecule has 1 aliphatic heterocycles. The molecule has 0 saturated carbocycles. The van der Waals surface area contributed by atoms with Crippen LogP contribution in [0.25, 0.3) is 0 Å². The van der Waals surface area contributed by atoms with Gasteiger partial charge in [-0.05, 0) is 30.4 Å². The van der Waals surface area contributed by atoms with Crippen molar-refractivity contribution in [2.75, 3.05) is 13.1 Å². The number of benzene rings is 2. The van der Waals surface area contributed by atoms with Gasteiger partial charge >= 0.3 is 6.09 Å². The summed E-state index contributed by atoms with van der Waals surface area (Å²) in [5.74, 6) is -0.0322. The first-order chi connectivity index (χ1) is 13.2. The molecule has 0 bridgehead atoms. The summed E-state index contributed by atoms with van der Waals surface area (Å²) in [5.41, 5.74) is 1.92. The van der Waals surface area contributed by atoms with E-state index in [1.807, 2.05) is 65.6 Å². The molecular formula is C22H26N2O3. The minimum atomic E-state index is -0.617. The molecule has 5 nitrogen and oxygen atoms in total. The van der Waals surface area contributed by atoms with Crippen LogP contribution in [-0.4, -0.2) is 36.0 Å². The van der Waals surface area contributed by atoms with Gasteiger partial charge in [0, 0.05) is 19.5 Å². The van der Waals surface area contributed by atoms with E-state index >= 15 is 0 Å². The third-order valence-electron chi connectivity index (χ3n) is 4.75. The second-order valence-corrected chi connectivity index (χ2v) is 6.83. The van der Waals surface area contributed by atoms with Crippen LogP contribution in [0.3, 0.4) is 0 Å². The summed E-state index contributed by atoms with van der Waals surface area (Å²) in [7, 11) is 0. The Labute approximate surface area is 160 Å². The van der Waals surface area contributed by atoms with E-state index in [-0.39, 0.29) is 12.5 Å². The molecule has 1 fully saturated rings. The van der Waals surface area contributed by atoms with Crippen LogP contribution in [0.1, 0.15) is 30.4 Å². The average molecular weight is 366 g/mol. The van der Waals surface area contributed by atoms with Crippen molar-refractivity contribution in [1.29, 1.82) is 0 Å². The van der Waals surface area contributed by atoms with Gasteiger partial charge in [0.15, 0.2) is 0 Å². The topological polar surface area (TPSA) is 58.6 Å². The van der Waals surface area contributed by atoms with E-state index in [9.17, 15) is 9.59 Å². The Morgan fingerprint density at radius 2 is 1.48 bits per heavy atom. The van der Waals surface area contributed by atoms with E-state index in [0.717, 1.165) is 43.5 Å². The highest BCUT2D eigenvalue weighted by Crippen LogP contribution is 2.13. The molecule has 142 valence electrons. The Morgan fingerprint density at radius 3 is 2.11 bits per heavy atom. The molecule has 1 aliphatic rings. The molecule has 0 radical (unpaired) electrons. The zero-order valence-electron chi connectivity index (χ0n) is 15.5. The Balaban J connectivity index is 1.63. The number of carbonyl (C=O) groups excluding carboxylic acids is 2. The predicted octanol–water partition coefficient (Wildman–Crippen LogP) is 3.54. The van der Waals surface area contributed by atoms with Crippen LogP contribution in [0.4, 0.5) is 4.79 Å². The Hall–Kier alpha value is -2.82. The van der Waals surface area contributed by atoms with Crippen molar-refractivity contribution in [3.05, 3.63) is 71.8 Å². The minimum Gasteiger partial charge on any atom is -0.445 e. The van der Waals surface area contributed by atoms with E-state index in [2.05, 4.69) is 5.32 Å². The van der Waals surface area contributed by atoms with Crippen LogP contribution < -0.4 is 5.32 Å². The molecule has 2 aromatic rings. The summed E-state index contributed by atoms with van der Waals surface area (Å²) in [6.45, 7) is 1.69. The van der Waals surface area contributed by atoms with Crippen LogP contribution in [0.5, 0.6) is 0 Å². The molecule has 2 aromatic carbocycles. The molecule has 27 heavy (non-hydrogen) atoms. The second-order valence-electron chi connectivity index (χ2n) is 6.83. The first-order valence-corrected chi connectivity index (χ1v) is 9.52. The number of nitrogens with one attached hydrogen (secondary N) is 1. The van der Waals surface area contributed by atoms with Crippen LogP contribution >= 0.6 is 0 Å². The van der Waals surface area contributed by atoms with E-state index in [4.69, 9.17) is 4.74 Å². The third kappa shape index (κ3) is 5.84. The third-order valence-corrected chi connectivity index (χ3v) is 4.75. The first-order valence-electron chi connectivity index (χ1n) is 9.52. The Kier molecular flexibility index (Phi) is 6.85. The van der Waals surface area contributed by atoms with Crippen LogP contribution in [0, 0.1) is 0 Å². The zero-order valence-corrected chi connectivity index (χ0v) is 15.5.